The molecule has 0 radical (unpaired) electrons. The van der Waals surface area contributed by atoms with Crippen LogP contribution in [0.4, 0.5) is 0 Å². The van der Waals surface area contributed by atoms with Gasteiger partial charge in [-0.2, -0.15) is 0 Å². The van der Waals surface area contributed by atoms with Crippen LogP contribution in [0, 0.1) is 11.8 Å². The third-order valence-corrected chi connectivity index (χ3v) is 4.56. The molecule has 1 aliphatic carbocycles. The van der Waals surface area contributed by atoms with Crippen LogP contribution in [0.3, 0.4) is 0 Å². The summed E-state index contributed by atoms with van der Waals surface area (Å²) in [6.45, 7) is 0. The van der Waals surface area contributed by atoms with Crippen molar-refractivity contribution in [3.63, 3.8) is 0 Å². The predicted octanol–water partition coefficient (Wildman–Crippen LogP) is 4.49. The molecule has 2 aromatic carbocycles. The number of benzene rings is 2. The average molecular weight is 344 g/mol. The Bertz CT molecular complexity index is 787. The number of hydrogen-bond donors (Lipinski definition) is 2. The first-order chi connectivity index (χ1) is 12.7. The van der Waals surface area contributed by atoms with E-state index in [1.807, 2.05) is 91.0 Å². The van der Waals surface area contributed by atoms with Crippen LogP contribution in [0.1, 0.15) is 11.1 Å². The predicted molar refractivity (Wildman–Crippen MR) is 108 cm³/mol. The van der Waals surface area contributed by atoms with Gasteiger partial charge in [0.1, 0.15) is 0 Å². The maximum absolute atomic E-state index is 10.4. The van der Waals surface area contributed by atoms with Gasteiger partial charge in [0.15, 0.2) is 0 Å². The third-order valence-electron chi connectivity index (χ3n) is 4.56. The molecule has 0 heterocycles. The molecule has 0 aliphatic heterocycles. The second-order valence-electron chi connectivity index (χ2n) is 6.45. The highest BCUT2D eigenvalue weighted by Crippen LogP contribution is 2.28. The molecule has 26 heavy (non-hydrogen) atoms. The van der Waals surface area contributed by atoms with Crippen LogP contribution in [0.2, 0.25) is 0 Å². The fraction of sp³-hybridized carbons (Fsp3) is 0.167. The number of hydrogen-bond acceptors (Lipinski definition) is 2. The number of rotatable bonds is 5. The van der Waals surface area contributed by atoms with Gasteiger partial charge in [-0.3, -0.25) is 0 Å². The summed E-state index contributed by atoms with van der Waals surface area (Å²) in [6.07, 6.45) is 14.0. The molecule has 2 N–H and O–H groups in total. The summed E-state index contributed by atoms with van der Waals surface area (Å²) >= 11 is 0. The van der Waals surface area contributed by atoms with Gasteiger partial charge in [-0.25, -0.2) is 0 Å². The third kappa shape index (κ3) is 4.92. The first kappa shape index (κ1) is 18.1. The molecule has 0 unspecified atom stereocenters. The van der Waals surface area contributed by atoms with Gasteiger partial charge in [0.25, 0.3) is 0 Å². The van der Waals surface area contributed by atoms with Crippen molar-refractivity contribution in [1.82, 2.24) is 0 Å². The van der Waals surface area contributed by atoms with Crippen molar-refractivity contribution in [1.29, 1.82) is 0 Å². The Morgan fingerprint density at radius 2 is 1.27 bits per heavy atom. The van der Waals surface area contributed by atoms with Crippen LogP contribution < -0.4 is 0 Å². The molecule has 3 rings (SSSR count). The lowest BCUT2D eigenvalue weighted by Gasteiger charge is -2.31. The van der Waals surface area contributed by atoms with E-state index in [9.17, 15) is 10.2 Å². The van der Waals surface area contributed by atoms with Crippen molar-refractivity contribution in [3.05, 3.63) is 108 Å². The monoisotopic (exact) mass is 344 g/mol. The van der Waals surface area contributed by atoms with Gasteiger partial charge < -0.3 is 10.2 Å². The van der Waals surface area contributed by atoms with Gasteiger partial charge in [-0.15, -0.1) is 0 Å². The van der Waals surface area contributed by atoms with Crippen LogP contribution in [-0.4, -0.2) is 22.4 Å². The Hall–Kier alpha value is -2.68. The van der Waals surface area contributed by atoms with Crippen LogP contribution in [0.25, 0.3) is 12.2 Å². The van der Waals surface area contributed by atoms with Crippen LogP contribution in [-0.2, 0) is 0 Å². The van der Waals surface area contributed by atoms with Crippen molar-refractivity contribution < 1.29 is 10.2 Å². The van der Waals surface area contributed by atoms with Crippen LogP contribution >= 0.6 is 0 Å². The minimum absolute atomic E-state index is 0.0370. The number of allylic oxidation sites excluding steroid dienone is 4. The Labute approximate surface area is 155 Å². The molecular weight excluding hydrogens is 320 g/mol. The van der Waals surface area contributed by atoms with E-state index in [0.29, 0.717) is 0 Å². The lowest BCUT2D eigenvalue weighted by molar-refractivity contribution is 0.00759. The Balaban J connectivity index is 1.72. The molecule has 2 heteroatoms. The van der Waals surface area contributed by atoms with E-state index in [1.165, 1.54) is 0 Å². The van der Waals surface area contributed by atoms with Gasteiger partial charge in [-0.1, -0.05) is 109 Å². The fourth-order valence-electron chi connectivity index (χ4n) is 3.08. The maximum Gasteiger partial charge on any atom is 0.0986 e. The number of aliphatic hydroxyl groups is 2. The normalized spacial score (nSPS) is 26.2. The summed E-state index contributed by atoms with van der Waals surface area (Å²) < 4.78 is 0. The van der Waals surface area contributed by atoms with Gasteiger partial charge in [0.2, 0.25) is 0 Å². The zero-order chi connectivity index (χ0) is 18.2. The van der Waals surface area contributed by atoms with Crippen molar-refractivity contribution >= 4 is 12.2 Å². The molecule has 0 bridgehead atoms. The molecule has 2 aromatic rings. The number of aliphatic hydroxyl groups excluding tert-OH is 2. The first-order valence-electron chi connectivity index (χ1n) is 8.92. The Morgan fingerprint density at radius 3 is 1.92 bits per heavy atom. The molecule has 0 fully saturated rings. The molecule has 1 aliphatic rings. The highest BCUT2D eigenvalue weighted by Gasteiger charge is 2.31. The zero-order valence-electron chi connectivity index (χ0n) is 14.6. The quantitative estimate of drug-likeness (QED) is 0.619. The van der Waals surface area contributed by atoms with E-state index < -0.39 is 12.2 Å². The molecule has 0 spiro atoms. The van der Waals surface area contributed by atoms with E-state index in [0.717, 1.165) is 11.1 Å². The van der Waals surface area contributed by atoms with Gasteiger partial charge >= 0.3 is 0 Å². The maximum atomic E-state index is 10.4. The van der Waals surface area contributed by atoms with E-state index in [4.69, 9.17) is 0 Å². The Morgan fingerprint density at radius 1 is 0.654 bits per heavy atom. The summed E-state index contributed by atoms with van der Waals surface area (Å²) in [5, 5.41) is 20.4. The Kier molecular flexibility index (Phi) is 6.37. The lowest BCUT2D eigenvalue weighted by atomic mass is 9.79. The first-order valence-corrected chi connectivity index (χ1v) is 8.92. The second kappa shape index (κ2) is 9.14. The standard InChI is InChI=1S/C24H24O2/c25-23-18-17-21(16-15-20-11-5-2-6-12-20)22(24(23)26)14-8-7-13-19-9-3-1-4-10-19/h1-18,21-26H/b13-7+,14-8+,16-15+/t21-,22-,23+,24+/m0/s1. The van der Waals surface area contributed by atoms with E-state index in [2.05, 4.69) is 12.2 Å². The van der Waals surface area contributed by atoms with Crippen LogP contribution in [0.15, 0.2) is 97.1 Å². The molecule has 0 saturated carbocycles. The van der Waals surface area contributed by atoms with Crippen LogP contribution in [0.5, 0.6) is 0 Å². The van der Waals surface area contributed by atoms with Crippen molar-refractivity contribution in [3.8, 4) is 0 Å². The van der Waals surface area contributed by atoms with Crippen molar-refractivity contribution in [2.75, 3.05) is 0 Å². The molecule has 2 nitrogen and oxygen atoms in total. The molecular formula is C24H24O2. The smallest absolute Gasteiger partial charge is 0.0986 e. The van der Waals surface area contributed by atoms with E-state index >= 15 is 0 Å². The van der Waals surface area contributed by atoms with Crippen molar-refractivity contribution in [2.45, 2.75) is 12.2 Å². The van der Waals surface area contributed by atoms with Crippen molar-refractivity contribution in [2.24, 2.45) is 11.8 Å². The van der Waals surface area contributed by atoms with E-state index in [1.54, 1.807) is 6.08 Å². The molecule has 0 saturated heterocycles. The second-order valence-corrected chi connectivity index (χ2v) is 6.45. The largest absolute Gasteiger partial charge is 0.389 e. The fourth-order valence-corrected chi connectivity index (χ4v) is 3.08. The molecule has 0 aromatic heterocycles. The summed E-state index contributed by atoms with van der Waals surface area (Å²) in [7, 11) is 0. The highest BCUT2D eigenvalue weighted by molar-refractivity contribution is 5.51. The minimum atomic E-state index is -0.830. The molecule has 0 amide bonds. The average Bonchev–Trinajstić information content (AvgIpc) is 2.69. The molecule has 132 valence electrons. The minimum Gasteiger partial charge on any atom is -0.389 e. The SMILES string of the molecule is O[C@@H]1[C@@H](/C=C/C=C/c2ccccc2)[C@@H](/C=C/c2ccccc2)C=C[C@H]1O. The lowest BCUT2D eigenvalue weighted by Crippen LogP contribution is -2.37. The molecule has 4 atom stereocenters. The topological polar surface area (TPSA) is 40.5 Å². The summed E-state index contributed by atoms with van der Waals surface area (Å²) in [5.74, 6) is -0.134. The summed E-state index contributed by atoms with van der Waals surface area (Å²) in [4.78, 5) is 0. The van der Waals surface area contributed by atoms with Gasteiger partial charge in [0.05, 0.1) is 12.2 Å². The van der Waals surface area contributed by atoms with Gasteiger partial charge in [-0.05, 0) is 11.1 Å². The summed E-state index contributed by atoms with van der Waals surface area (Å²) in [6, 6.07) is 20.1. The zero-order valence-corrected chi connectivity index (χ0v) is 14.6. The van der Waals surface area contributed by atoms with E-state index in [-0.39, 0.29) is 11.8 Å². The highest BCUT2D eigenvalue weighted by atomic mass is 16.3. The summed E-state index contributed by atoms with van der Waals surface area (Å²) in [5.41, 5.74) is 2.25. The van der Waals surface area contributed by atoms with Gasteiger partial charge in [0, 0.05) is 11.8 Å².